The lowest BCUT2D eigenvalue weighted by molar-refractivity contribution is -0.153. The van der Waals surface area contributed by atoms with Gasteiger partial charge in [0.15, 0.2) is 0 Å². The van der Waals surface area contributed by atoms with Crippen LogP contribution in [0.2, 0.25) is 0 Å². The van der Waals surface area contributed by atoms with Crippen LogP contribution < -0.4 is 0 Å². The number of esters is 2. The molecule has 20 heavy (non-hydrogen) atoms. The van der Waals surface area contributed by atoms with Gasteiger partial charge in [-0.15, -0.1) is 0 Å². The Kier molecular flexibility index (Phi) is 9.01. The van der Waals surface area contributed by atoms with Crippen molar-refractivity contribution in [3.63, 3.8) is 0 Å². The highest BCUT2D eigenvalue weighted by Crippen LogP contribution is 2.20. The van der Waals surface area contributed by atoms with Crippen molar-refractivity contribution in [2.45, 2.75) is 77.6 Å². The summed E-state index contributed by atoms with van der Waals surface area (Å²) in [5, 5.41) is 0. The van der Waals surface area contributed by atoms with Crippen molar-refractivity contribution in [1.82, 2.24) is 0 Å². The Morgan fingerprint density at radius 1 is 1.00 bits per heavy atom. The summed E-state index contributed by atoms with van der Waals surface area (Å²) in [6, 6.07) is 0. The lowest BCUT2D eigenvalue weighted by Crippen LogP contribution is -2.05. The number of carbonyl (C=O) groups is 2. The lowest BCUT2D eigenvalue weighted by Gasteiger charge is -2.00. The number of allylic oxidation sites excluding steroid dienone is 2. The molecule has 1 heterocycles. The molecule has 0 N–H and O–H groups in total. The van der Waals surface area contributed by atoms with Crippen LogP contribution in [-0.2, 0) is 14.3 Å². The lowest BCUT2D eigenvalue weighted by atomic mass is 10.0. The molecule has 3 nitrogen and oxygen atoms in total. The van der Waals surface area contributed by atoms with E-state index in [0.29, 0.717) is 6.42 Å². The molecule has 0 aliphatic carbocycles. The summed E-state index contributed by atoms with van der Waals surface area (Å²) < 4.78 is 4.51. The summed E-state index contributed by atoms with van der Waals surface area (Å²) in [6.45, 7) is 2.24. The molecular formula is C17H28O3. The zero-order valence-corrected chi connectivity index (χ0v) is 12.7. The number of unbranched alkanes of at least 4 members (excludes halogenated alkanes) is 8. The van der Waals surface area contributed by atoms with Gasteiger partial charge in [-0.05, 0) is 19.3 Å². The van der Waals surface area contributed by atoms with Crippen LogP contribution in [0.1, 0.15) is 77.6 Å². The Hall–Kier alpha value is -1.12. The molecule has 1 rings (SSSR count). The molecular weight excluding hydrogens is 252 g/mol. The molecule has 1 atom stereocenters. The Morgan fingerprint density at radius 2 is 1.65 bits per heavy atom. The van der Waals surface area contributed by atoms with E-state index >= 15 is 0 Å². The number of cyclic esters (lactones) is 2. The molecule has 0 bridgehead atoms. The van der Waals surface area contributed by atoms with Crippen molar-refractivity contribution in [3.8, 4) is 0 Å². The summed E-state index contributed by atoms with van der Waals surface area (Å²) in [4.78, 5) is 22.1. The van der Waals surface area contributed by atoms with Gasteiger partial charge in [-0.1, -0.05) is 64.0 Å². The van der Waals surface area contributed by atoms with Crippen molar-refractivity contribution in [3.05, 3.63) is 12.2 Å². The summed E-state index contributed by atoms with van der Waals surface area (Å²) in [7, 11) is 0. The Morgan fingerprint density at radius 3 is 2.25 bits per heavy atom. The molecule has 1 saturated heterocycles. The number of rotatable bonds is 11. The average Bonchev–Trinajstić information content (AvgIpc) is 2.74. The Balaban J connectivity index is 1.90. The highest BCUT2D eigenvalue weighted by atomic mass is 16.6. The van der Waals surface area contributed by atoms with Gasteiger partial charge in [0, 0.05) is 0 Å². The first-order valence-electron chi connectivity index (χ1n) is 8.13. The van der Waals surface area contributed by atoms with Crippen LogP contribution in [0.3, 0.4) is 0 Å². The third-order valence-corrected chi connectivity index (χ3v) is 3.77. The second-order valence-electron chi connectivity index (χ2n) is 5.66. The fraction of sp³-hybridized carbons (Fsp3) is 0.765. The number of hydrogen-bond donors (Lipinski definition) is 0. The zero-order chi connectivity index (χ0) is 14.6. The molecule has 0 saturated carbocycles. The van der Waals surface area contributed by atoms with E-state index in [1.165, 1.54) is 51.4 Å². The van der Waals surface area contributed by atoms with Gasteiger partial charge in [0.2, 0.25) is 0 Å². The fourth-order valence-electron chi connectivity index (χ4n) is 2.48. The number of hydrogen-bond acceptors (Lipinski definition) is 3. The normalized spacial score (nSPS) is 18.9. The summed E-state index contributed by atoms with van der Waals surface area (Å²) in [6.07, 6.45) is 16.8. The van der Waals surface area contributed by atoms with E-state index in [-0.39, 0.29) is 24.3 Å². The minimum atomic E-state index is -0.378. The zero-order valence-electron chi connectivity index (χ0n) is 12.7. The van der Waals surface area contributed by atoms with Crippen LogP contribution in [0.4, 0.5) is 0 Å². The topological polar surface area (TPSA) is 43.4 Å². The van der Waals surface area contributed by atoms with Crippen LogP contribution in [0, 0.1) is 5.92 Å². The van der Waals surface area contributed by atoms with E-state index in [0.717, 1.165) is 6.42 Å². The van der Waals surface area contributed by atoms with E-state index in [1.807, 2.05) is 6.08 Å². The van der Waals surface area contributed by atoms with Crippen molar-refractivity contribution in [1.29, 1.82) is 0 Å². The van der Waals surface area contributed by atoms with Gasteiger partial charge in [0.25, 0.3) is 0 Å². The Labute approximate surface area is 122 Å². The molecule has 0 aromatic carbocycles. The third-order valence-electron chi connectivity index (χ3n) is 3.77. The predicted molar refractivity (Wildman–Crippen MR) is 80.2 cm³/mol. The number of ether oxygens (including phenoxy) is 1. The summed E-state index contributed by atoms with van der Waals surface area (Å²) in [5.41, 5.74) is 0. The standard InChI is InChI=1S/C17H28O3/c1-2-3-4-5-6-7-8-9-10-11-12-13-15-14-16(18)20-17(15)19/h11-12,15H,2-10,13-14H2,1H3/b12-11+. The fourth-order valence-corrected chi connectivity index (χ4v) is 2.48. The molecule has 0 spiro atoms. The molecule has 1 aliphatic heterocycles. The molecule has 114 valence electrons. The number of carbonyl (C=O) groups excluding carboxylic acids is 2. The van der Waals surface area contributed by atoms with Crippen LogP contribution in [0.15, 0.2) is 12.2 Å². The minimum Gasteiger partial charge on any atom is -0.393 e. The van der Waals surface area contributed by atoms with Crippen LogP contribution in [-0.4, -0.2) is 11.9 Å². The third kappa shape index (κ3) is 7.46. The van der Waals surface area contributed by atoms with E-state index in [1.54, 1.807) is 0 Å². The van der Waals surface area contributed by atoms with Crippen LogP contribution in [0.5, 0.6) is 0 Å². The van der Waals surface area contributed by atoms with Crippen molar-refractivity contribution in [2.24, 2.45) is 5.92 Å². The highest BCUT2D eigenvalue weighted by molar-refractivity contribution is 5.94. The van der Waals surface area contributed by atoms with Crippen molar-refractivity contribution < 1.29 is 14.3 Å². The average molecular weight is 280 g/mol. The first kappa shape index (κ1) is 16.9. The second-order valence-corrected chi connectivity index (χ2v) is 5.66. The van der Waals surface area contributed by atoms with E-state index < -0.39 is 0 Å². The minimum absolute atomic E-state index is 0.239. The highest BCUT2D eigenvalue weighted by Gasteiger charge is 2.31. The van der Waals surface area contributed by atoms with E-state index in [4.69, 9.17) is 0 Å². The van der Waals surface area contributed by atoms with Gasteiger partial charge in [0.1, 0.15) is 0 Å². The maximum Gasteiger partial charge on any atom is 0.317 e. The molecule has 0 radical (unpaired) electrons. The van der Waals surface area contributed by atoms with E-state index in [9.17, 15) is 9.59 Å². The molecule has 1 unspecified atom stereocenters. The van der Waals surface area contributed by atoms with Gasteiger partial charge < -0.3 is 4.74 Å². The van der Waals surface area contributed by atoms with Crippen LogP contribution >= 0.6 is 0 Å². The SMILES string of the molecule is CCCCCCCCCC/C=C/CC1CC(=O)OC1=O. The summed E-state index contributed by atoms with van der Waals surface area (Å²) in [5.74, 6) is -0.972. The summed E-state index contributed by atoms with van der Waals surface area (Å²) >= 11 is 0. The smallest absolute Gasteiger partial charge is 0.317 e. The maximum atomic E-state index is 11.2. The first-order chi connectivity index (χ1) is 9.74. The van der Waals surface area contributed by atoms with E-state index in [2.05, 4.69) is 17.7 Å². The molecule has 0 aromatic heterocycles. The molecule has 0 amide bonds. The first-order valence-corrected chi connectivity index (χ1v) is 8.13. The van der Waals surface area contributed by atoms with Gasteiger partial charge in [-0.25, -0.2) is 0 Å². The monoisotopic (exact) mass is 280 g/mol. The molecule has 0 aromatic rings. The van der Waals surface area contributed by atoms with Gasteiger partial charge in [0.05, 0.1) is 12.3 Å². The van der Waals surface area contributed by atoms with Gasteiger partial charge >= 0.3 is 11.9 Å². The largest absolute Gasteiger partial charge is 0.393 e. The maximum absolute atomic E-state index is 11.2. The molecule has 1 fully saturated rings. The van der Waals surface area contributed by atoms with Gasteiger partial charge in [-0.2, -0.15) is 0 Å². The molecule has 3 heteroatoms. The quantitative estimate of drug-likeness (QED) is 0.241. The Bertz CT molecular complexity index is 320. The second kappa shape index (κ2) is 10.6. The van der Waals surface area contributed by atoms with Crippen molar-refractivity contribution in [2.75, 3.05) is 0 Å². The van der Waals surface area contributed by atoms with Crippen molar-refractivity contribution >= 4 is 11.9 Å². The van der Waals surface area contributed by atoms with Gasteiger partial charge in [-0.3, -0.25) is 9.59 Å². The molecule has 1 aliphatic rings. The predicted octanol–water partition coefficient (Wildman–Crippen LogP) is 4.55. The van der Waals surface area contributed by atoms with Crippen LogP contribution in [0.25, 0.3) is 0 Å².